The van der Waals surface area contributed by atoms with Crippen molar-refractivity contribution in [2.45, 2.75) is 33.7 Å². The van der Waals surface area contributed by atoms with Gasteiger partial charge in [0.15, 0.2) is 0 Å². The topological polar surface area (TPSA) is 93.2 Å². The Kier molecular flexibility index (Phi) is 7.72. The normalized spacial score (nSPS) is 10.7. The Labute approximate surface area is 185 Å². The van der Waals surface area contributed by atoms with Crippen LogP contribution in [0.5, 0.6) is 5.75 Å². The van der Waals surface area contributed by atoms with Crippen LogP contribution in [0.15, 0.2) is 48.5 Å². The maximum atomic E-state index is 12.5. The number of hydrogen-bond acceptors (Lipinski definition) is 6. The third-order valence-corrected chi connectivity index (χ3v) is 5.26. The largest absolute Gasteiger partial charge is 0.494 e. The fourth-order valence-electron chi connectivity index (χ4n) is 2.85. The van der Waals surface area contributed by atoms with Crippen LogP contribution in [-0.4, -0.2) is 28.6 Å². The maximum Gasteiger partial charge on any atom is 0.286 e. The van der Waals surface area contributed by atoms with E-state index in [4.69, 9.17) is 4.74 Å². The molecule has 7 nitrogen and oxygen atoms in total. The molecule has 0 spiro atoms. The lowest BCUT2D eigenvalue weighted by Gasteiger charge is -2.09. The monoisotopic (exact) mass is 438 g/mol. The molecule has 0 radical (unpaired) electrons. The van der Waals surface area contributed by atoms with Crippen LogP contribution in [0.2, 0.25) is 0 Å². The highest BCUT2D eigenvalue weighted by atomic mass is 32.1. The zero-order chi connectivity index (χ0) is 22.2. The van der Waals surface area contributed by atoms with Gasteiger partial charge in [-0.25, -0.2) is 0 Å². The van der Waals surface area contributed by atoms with Gasteiger partial charge < -0.3 is 15.4 Å². The number of carbonyl (C=O) groups is 2. The van der Waals surface area contributed by atoms with Crippen molar-refractivity contribution in [1.82, 2.24) is 15.5 Å². The molecule has 2 amide bonds. The van der Waals surface area contributed by atoms with Gasteiger partial charge in [-0.1, -0.05) is 43.4 Å². The summed E-state index contributed by atoms with van der Waals surface area (Å²) >= 11 is 1.29. The van der Waals surface area contributed by atoms with Crippen LogP contribution in [0.3, 0.4) is 0 Å². The number of aromatic nitrogens is 2. The van der Waals surface area contributed by atoms with Gasteiger partial charge in [0.25, 0.3) is 11.8 Å². The molecule has 0 aliphatic rings. The van der Waals surface area contributed by atoms with Gasteiger partial charge in [-0.05, 0) is 48.7 Å². The summed E-state index contributed by atoms with van der Waals surface area (Å²) in [5.41, 5.74) is 1.95. The zero-order valence-electron chi connectivity index (χ0n) is 17.8. The Balaban J connectivity index is 1.58. The summed E-state index contributed by atoms with van der Waals surface area (Å²) in [4.78, 5) is 25.0. The molecule has 1 heterocycles. The lowest BCUT2D eigenvalue weighted by atomic mass is 10.1. The molecule has 0 unspecified atom stereocenters. The van der Waals surface area contributed by atoms with Gasteiger partial charge in [-0.3, -0.25) is 9.59 Å². The summed E-state index contributed by atoms with van der Waals surface area (Å²) in [5, 5.41) is 14.9. The number of anilines is 1. The van der Waals surface area contributed by atoms with Gasteiger partial charge in [0.1, 0.15) is 10.8 Å². The molecule has 8 heteroatoms. The van der Waals surface area contributed by atoms with Crippen LogP contribution in [-0.2, 0) is 13.0 Å². The molecular formula is C23H26N4O3S. The lowest BCUT2D eigenvalue weighted by Crippen LogP contribution is -2.23. The van der Waals surface area contributed by atoms with Crippen molar-refractivity contribution in [3.63, 3.8) is 0 Å². The van der Waals surface area contributed by atoms with E-state index in [2.05, 4.69) is 34.7 Å². The van der Waals surface area contributed by atoms with E-state index >= 15 is 0 Å². The lowest BCUT2D eigenvalue weighted by molar-refractivity contribution is 0.0949. The van der Waals surface area contributed by atoms with Gasteiger partial charge in [-0.2, -0.15) is 0 Å². The Morgan fingerprint density at radius 3 is 2.55 bits per heavy atom. The first kappa shape index (κ1) is 22.4. The molecule has 3 rings (SSSR count). The van der Waals surface area contributed by atoms with Crippen LogP contribution in [0.4, 0.5) is 5.69 Å². The van der Waals surface area contributed by atoms with Crippen LogP contribution in [0.1, 0.15) is 51.5 Å². The quantitative estimate of drug-likeness (QED) is 0.519. The first-order chi connectivity index (χ1) is 14.9. The van der Waals surface area contributed by atoms with Crippen LogP contribution in [0.25, 0.3) is 0 Å². The second-order valence-electron chi connectivity index (χ2n) is 7.39. The number of nitrogens with one attached hydrogen (secondary N) is 2. The van der Waals surface area contributed by atoms with E-state index in [1.54, 1.807) is 24.3 Å². The number of hydrogen-bond donors (Lipinski definition) is 2. The number of ether oxygens (including phenoxy) is 1. The molecule has 0 bridgehead atoms. The van der Waals surface area contributed by atoms with Gasteiger partial charge in [-0.15, -0.1) is 10.2 Å². The fourth-order valence-corrected chi connectivity index (χ4v) is 3.80. The molecule has 3 aromatic rings. The van der Waals surface area contributed by atoms with E-state index in [-0.39, 0.29) is 11.8 Å². The second kappa shape index (κ2) is 10.7. The standard InChI is InChI=1S/C23H26N4O3S/c1-4-30-19-10-8-16(9-11-19)14-24-21(28)17-6-5-7-18(13-17)25-22(29)23-27-26-20(31-23)12-15(2)3/h5-11,13,15H,4,12,14H2,1-3H3,(H,24,28)(H,25,29). The van der Waals surface area contributed by atoms with E-state index in [0.29, 0.717) is 35.3 Å². The number of amides is 2. The van der Waals surface area contributed by atoms with E-state index in [1.165, 1.54) is 11.3 Å². The fraction of sp³-hybridized carbons (Fsp3) is 0.304. The predicted molar refractivity (Wildman–Crippen MR) is 122 cm³/mol. The van der Waals surface area contributed by atoms with E-state index < -0.39 is 0 Å². The molecule has 31 heavy (non-hydrogen) atoms. The summed E-state index contributed by atoms with van der Waals surface area (Å²) in [5.74, 6) is 0.689. The van der Waals surface area contributed by atoms with Crippen molar-refractivity contribution in [2.75, 3.05) is 11.9 Å². The van der Waals surface area contributed by atoms with Crippen LogP contribution < -0.4 is 15.4 Å². The molecule has 162 valence electrons. The highest BCUT2D eigenvalue weighted by molar-refractivity contribution is 7.13. The van der Waals surface area contributed by atoms with Crippen LogP contribution in [0, 0.1) is 5.92 Å². The molecule has 2 N–H and O–H groups in total. The summed E-state index contributed by atoms with van der Waals surface area (Å²) < 4.78 is 5.42. The number of nitrogens with zero attached hydrogens (tertiary/aromatic N) is 2. The number of carbonyl (C=O) groups excluding carboxylic acids is 2. The predicted octanol–water partition coefficient (Wildman–Crippen LogP) is 4.32. The first-order valence-corrected chi connectivity index (χ1v) is 11.0. The Bertz CT molecular complexity index is 1030. The first-order valence-electron chi connectivity index (χ1n) is 10.2. The molecule has 0 aliphatic carbocycles. The van der Waals surface area contributed by atoms with Gasteiger partial charge in [0.05, 0.1) is 6.61 Å². The summed E-state index contributed by atoms with van der Waals surface area (Å²) in [7, 11) is 0. The van der Waals surface area contributed by atoms with Crippen molar-refractivity contribution in [1.29, 1.82) is 0 Å². The van der Waals surface area contributed by atoms with E-state index in [1.807, 2.05) is 31.2 Å². The van der Waals surface area contributed by atoms with Gasteiger partial charge >= 0.3 is 0 Å². The van der Waals surface area contributed by atoms with Gasteiger partial charge in [0.2, 0.25) is 5.01 Å². The second-order valence-corrected chi connectivity index (χ2v) is 8.46. The number of rotatable bonds is 9. The van der Waals surface area contributed by atoms with E-state index in [0.717, 1.165) is 22.7 Å². The van der Waals surface area contributed by atoms with Gasteiger partial charge in [0, 0.05) is 24.2 Å². The Morgan fingerprint density at radius 1 is 1.06 bits per heavy atom. The minimum Gasteiger partial charge on any atom is -0.494 e. The van der Waals surface area contributed by atoms with Crippen molar-refractivity contribution < 1.29 is 14.3 Å². The summed E-state index contributed by atoms with van der Waals surface area (Å²) in [6.07, 6.45) is 0.787. The molecule has 0 saturated heterocycles. The van der Waals surface area contributed by atoms with Crippen molar-refractivity contribution in [2.24, 2.45) is 5.92 Å². The summed E-state index contributed by atoms with van der Waals surface area (Å²) in [6, 6.07) is 14.4. The average molecular weight is 439 g/mol. The summed E-state index contributed by atoms with van der Waals surface area (Å²) in [6.45, 7) is 7.12. The Hall–Kier alpha value is -3.26. The molecule has 0 atom stereocenters. The smallest absolute Gasteiger partial charge is 0.286 e. The van der Waals surface area contributed by atoms with Crippen molar-refractivity contribution in [3.05, 3.63) is 69.7 Å². The molecular weight excluding hydrogens is 412 g/mol. The minimum atomic E-state index is -0.334. The third-order valence-electron chi connectivity index (χ3n) is 4.31. The number of benzene rings is 2. The van der Waals surface area contributed by atoms with Crippen LogP contribution >= 0.6 is 11.3 Å². The highest BCUT2D eigenvalue weighted by Crippen LogP contribution is 2.17. The minimum absolute atomic E-state index is 0.222. The molecule has 0 aliphatic heterocycles. The average Bonchev–Trinajstić information content (AvgIpc) is 3.21. The molecule has 2 aromatic carbocycles. The highest BCUT2D eigenvalue weighted by Gasteiger charge is 2.15. The van der Waals surface area contributed by atoms with Crippen molar-refractivity contribution >= 4 is 28.8 Å². The molecule has 0 saturated carbocycles. The SMILES string of the molecule is CCOc1ccc(CNC(=O)c2cccc(NC(=O)c3nnc(CC(C)C)s3)c2)cc1. The Morgan fingerprint density at radius 2 is 1.84 bits per heavy atom. The molecule has 1 aromatic heterocycles. The molecule has 0 fully saturated rings. The zero-order valence-corrected chi connectivity index (χ0v) is 18.7. The van der Waals surface area contributed by atoms with E-state index in [9.17, 15) is 9.59 Å². The third kappa shape index (κ3) is 6.62. The maximum absolute atomic E-state index is 12.5. The van der Waals surface area contributed by atoms with Crippen molar-refractivity contribution in [3.8, 4) is 5.75 Å².